The number of hydrogen-bond acceptors (Lipinski definition) is 2. The van der Waals surface area contributed by atoms with Crippen molar-refractivity contribution in [3.05, 3.63) is 28.2 Å². The molecule has 2 atom stereocenters. The molecule has 88 valence electrons. The minimum atomic E-state index is -1.49. The number of carbonyl (C=O) groups excluding carboxylic acids is 1. The molecule has 0 radical (unpaired) electrons. The molecule has 0 aliphatic heterocycles. The zero-order valence-electron chi connectivity index (χ0n) is 9.00. The molecule has 5 heteroatoms. The van der Waals surface area contributed by atoms with Gasteiger partial charge in [-0.15, -0.1) is 0 Å². The second-order valence-corrected chi connectivity index (χ2v) is 5.83. The van der Waals surface area contributed by atoms with Gasteiger partial charge < -0.3 is 0 Å². The number of hydrogen-bond donors (Lipinski definition) is 0. The summed E-state index contributed by atoms with van der Waals surface area (Å²) >= 11 is 11.9. The maximum atomic E-state index is 12.1. The molecule has 0 amide bonds. The molecule has 1 rings (SSSR count). The van der Waals surface area contributed by atoms with Crippen LogP contribution in [0.3, 0.4) is 0 Å². The van der Waals surface area contributed by atoms with Crippen molar-refractivity contribution in [2.24, 2.45) is 0 Å². The van der Waals surface area contributed by atoms with Gasteiger partial charge in [-0.25, -0.2) is 0 Å². The fourth-order valence-corrected chi connectivity index (χ4v) is 3.39. The minimum Gasteiger partial charge on any atom is -0.298 e. The number of Topliss-reactive ketones (excluding diaryl/α,β-unsaturated/α-hetero) is 1. The summed E-state index contributed by atoms with van der Waals surface area (Å²) in [6.07, 6.45) is 0.356. The van der Waals surface area contributed by atoms with E-state index in [4.69, 9.17) is 23.2 Å². The molecule has 0 aliphatic carbocycles. The van der Waals surface area contributed by atoms with Gasteiger partial charge in [-0.2, -0.15) is 0 Å². The quantitative estimate of drug-likeness (QED) is 0.845. The van der Waals surface area contributed by atoms with Crippen molar-refractivity contribution in [2.75, 3.05) is 0 Å². The predicted molar refractivity (Wildman–Crippen MR) is 67.6 cm³/mol. The lowest BCUT2D eigenvalue weighted by Gasteiger charge is -2.11. The summed E-state index contributed by atoms with van der Waals surface area (Å²) in [5.41, 5.74) is 0. The highest BCUT2D eigenvalue weighted by atomic mass is 35.5. The van der Waals surface area contributed by atoms with Crippen molar-refractivity contribution >= 4 is 39.8 Å². The number of ketones is 1. The second-order valence-electron chi connectivity index (χ2n) is 3.31. The van der Waals surface area contributed by atoms with E-state index in [0.717, 1.165) is 0 Å². The van der Waals surface area contributed by atoms with Gasteiger partial charge in [0.25, 0.3) is 0 Å². The standard InChI is InChI=1S/C11H12Cl2O2S/c1-3-10(14)7(2)16(15)11-8(12)5-4-6-9(11)13/h4-7H,3H2,1-2H3. The van der Waals surface area contributed by atoms with Crippen molar-refractivity contribution in [3.8, 4) is 0 Å². The molecule has 0 saturated carbocycles. The first-order chi connectivity index (χ1) is 7.49. The van der Waals surface area contributed by atoms with E-state index in [9.17, 15) is 9.00 Å². The van der Waals surface area contributed by atoms with Crippen molar-refractivity contribution in [2.45, 2.75) is 30.4 Å². The monoisotopic (exact) mass is 278 g/mol. The first-order valence-electron chi connectivity index (χ1n) is 4.86. The zero-order chi connectivity index (χ0) is 12.3. The summed E-state index contributed by atoms with van der Waals surface area (Å²) in [7, 11) is -1.49. The Morgan fingerprint density at radius 2 is 1.88 bits per heavy atom. The summed E-state index contributed by atoms with van der Waals surface area (Å²) in [5.74, 6) is -0.0608. The average molecular weight is 279 g/mol. The molecule has 0 heterocycles. The number of benzene rings is 1. The maximum absolute atomic E-state index is 12.1. The van der Waals surface area contributed by atoms with Crippen LogP contribution in [0, 0.1) is 0 Å². The lowest BCUT2D eigenvalue weighted by atomic mass is 10.2. The van der Waals surface area contributed by atoms with Crippen LogP contribution in [0.2, 0.25) is 10.0 Å². The van der Waals surface area contributed by atoms with E-state index in [1.165, 1.54) is 0 Å². The smallest absolute Gasteiger partial charge is 0.148 e. The van der Waals surface area contributed by atoms with E-state index < -0.39 is 16.0 Å². The fourth-order valence-electron chi connectivity index (χ4n) is 1.26. The van der Waals surface area contributed by atoms with Crippen LogP contribution < -0.4 is 0 Å². The third kappa shape index (κ3) is 2.84. The molecule has 16 heavy (non-hydrogen) atoms. The summed E-state index contributed by atoms with van der Waals surface area (Å²) in [6, 6.07) is 4.91. The van der Waals surface area contributed by atoms with Crippen molar-refractivity contribution in [1.82, 2.24) is 0 Å². The molecule has 1 aromatic rings. The third-order valence-corrected chi connectivity index (χ3v) is 4.84. The van der Waals surface area contributed by atoms with Gasteiger partial charge in [0, 0.05) is 6.42 Å². The number of halogens is 2. The Balaban J connectivity index is 3.10. The summed E-state index contributed by atoms with van der Waals surface area (Å²) in [6.45, 7) is 3.37. The molecule has 0 aromatic heterocycles. The molecular formula is C11H12Cl2O2S. The Morgan fingerprint density at radius 3 is 2.31 bits per heavy atom. The van der Waals surface area contributed by atoms with Gasteiger partial charge in [0.2, 0.25) is 0 Å². The van der Waals surface area contributed by atoms with Gasteiger partial charge in [0.15, 0.2) is 0 Å². The predicted octanol–water partition coefficient (Wildman–Crippen LogP) is 3.47. The highest BCUT2D eigenvalue weighted by Gasteiger charge is 2.23. The highest BCUT2D eigenvalue weighted by Crippen LogP contribution is 2.29. The lowest BCUT2D eigenvalue weighted by Crippen LogP contribution is -2.22. The van der Waals surface area contributed by atoms with Crippen LogP contribution in [-0.4, -0.2) is 15.2 Å². The van der Waals surface area contributed by atoms with Crippen LogP contribution in [0.4, 0.5) is 0 Å². The molecular weight excluding hydrogens is 267 g/mol. The van der Waals surface area contributed by atoms with Crippen LogP contribution in [0.15, 0.2) is 23.1 Å². The van der Waals surface area contributed by atoms with E-state index in [1.54, 1.807) is 32.0 Å². The topological polar surface area (TPSA) is 34.1 Å². The van der Waals surface area contributed by atoms with E-state index in [1.807, 2.05) is 0 Å². The fraction of sp³-hybridized carbons (Fsp3) is 0.364. The third-order valence-electron chi connectivity index (χ3n) is 2.24. The number of carbonyl (C=O) groups is 1. The summed E-state index contributed by atoms with van der Waals surface area (Å²) < 4.78 is 12.1. The molecule has 0 bridgehead atoms. The Labute approximate surface area is 107 Å². The largest absolute Gasteiger partial charge is 0.298 e. The molecule has 1 aromatic carbocycles. The molecule has 0 spiro atoms. The Hall–Kier alpha value is -0.380. The zero-order valence-corrected chi connectivity index (χ0v) is 11.3. The average Bonchev–Trinajstić information content (AvgIpc) is 2.26. The van der Waals surface area contributed by atoms with E-state index in [2.05, 4.69) is 0 Å². The lowest BCUT2D eigenvalue weighted by molar-refractivity contribution is -0.118. The van der Waals surface area contributed by atoms with Gasteiger partial charge in [-0.1, -0.05) is 36.2 Å². The molecule has 0 saturated heterocycles. The normalized spacial score (nSPS) is 14.5. The van der Waals surface area contributed by atoms with Crippen LogP contribution in [-0.2, 0) is 15.6 Å². The van der Waals surface area contributed by atoms with Gasteiger partial charge in [0.05, 0.1) is 31.0 Å². The first-order valence-corrected chi connectivity index (χ1v) is 6.83. The first kappa shape index (κ1) is 13.7. The van der Waals surface area contributed by atoms with Crippen LogP contribution in [0.5, 0.6) is 0 Å². The number of rotatable bonds is 4. The molecule has 0 aliphatic rings. The van der Waals surface area contributed by atoms with Crippen LogP contribution in [0.25, 0.3) is 0 Å². The van der Waals surface area contributed by atoms with Gasteiger partial charge in [-0.3, -0.25) is 9.00 Å². The molecule has 0 fully saturated rings. The minimum absolute atomic E-state index is 0.0608. The van der Waals surface area contributed by atoms with E-state index in [-0.39, 0.29) is 5.78 Å². The van der Waals surface area contributed by atoms with E-state index in [0.29, 0.717) is 21.4 Å². The van der Waals surface area contributed by atoms with Crippen LogP contribution >= 0.6 is 23.2 Å². The van der Waals surface area contributed by atoms with Crippen LogP contribution in [0.1, 0.15) is 20.3 Å². The van der Waals surface area contributed by atoms with Crippen molar-refractivity contribution in [3.63, 3.8) is 0 Å². The molecule has 2 nitrogen and oxygen atoms in total. The Bertz CT molecular complexity index is 412. The summed E-state index contributed by atoms with van der Waals surface area (Å²) in [4.78, 5) is 11.8. The Kier molecular flexibility index (Phi) is 4.96. The SMILES string of the molecule is CCC(=O)C(C)S(=O)c1c(Cl)cccc1Cl. The second kappa shape index (κ2) is 5.80. The maximum Gasteiger partial charge on any atom is 0.148 e. The van der Waals surface area contributed by atoms with Gasteiger partial charge >= 0.3 is 0 Å². The van der Waals surface area contributed by atoms with Crippen molar-refractivity contribution < 1.29 is 9.00 Å². The molecule has 2 unspecified atom stereocenters. The Morgan fingerprint density at radius 1 is 1.38 bits per heavy atom. The summed E-state index contributed by atoms with van der Waals surface area (Å²) in [5, 5.41) is 0.0885. The van der Waals surface area contributed by atoms with E-state index >= 15 is 0 Å². The highest BCUT2D eigenvalue weighted by molar-refractivity contribution is 7.86. The van der Waals surface area contributed by atoms with Gasteiger partial charge in [-0.05, 0) is 19.1 Å². The van der Waals surface area contributed by atoms with Gasteiger partial charge in [0.1, 0.15) is 5.78 Å². The molecule has 0 N–H and O–H groups in total. The van der Waals surface area contributed by atoms with Crippen molar-refractivity contribution in [1.29, 1.82) is 0 Å².